The van der Waals surface area contributed by atoms with Crippen LogP contribution in [0.15, 0.2) is 4.42 Å². The first-order valence-electron chi connectivity index (χ1n) is 4.58. The van der Waals surface area contributed by atoms with Crippen molar-refractivity contribution >= 4 is 17.6 Å². The van der Waals surface area contributed by atoms with Gasteiger partial charge in [0.05, 0.1) is 5.69 Å². The molecule has 1 aliphatic carbocycles. The van der Waals surface area contributed by atoms with Gasteiger partial charge in [0.1, 0.15) is 0 Å². The average Bonchev–Trinajstić information content (AvgIpc) is 2.70. The van der Waals surface area contributed by atoms with Crippen LogP contribution >= 0.6 is 11.6 Å². The fraction of sp³-hybridized carbons (Fsp3) is 0.556. The van der Waals surface area contributed by atoms with Crippen molar-refractivity contribution in [2.75, 3.05) is 0 Å². The molecule has 1 fully saturated rings. The number of nitrogens with zero attached hydrogens (tertiary/aromatic N) is 1. The molecule has 4 nitrogen and oxygen atoms in total. The lowest BCUT2D eigenvalue weighted by molar-refractivity contribution is 0.0660. The van der Waals surface area contributed by atoms with Gasteiger partial charge in [-0.05, 0) is 24.4 Å². The lowest BCUT2D eigenvalue weighted by Crippen LogP contribution is -2.03. The number of carboxylic acids is 1. The van der Waals surface area contributed by atoms with E-state index in [0.29, 0.717) is 5.69 Å². The molecule has 76 valence electrons. The van der Waals surface area contributed by atoms with Gasteiger partial charge in [0.25, 0.3) is 5.35 Å². The molecule has 1 saturated carbocycles. The van der Waals surface area contributed by atoms with E-state index in [1.165, 1.54) is 0 Å². The third kappa shape index (κ3) is 1.62. The van der Waals surface area contributed by atoms with Crippen LogP contribution in [0.2, 0.25) is 5.35 Å². The van der Waals surface area contributed by atoms with Crippen LogP contribution < -0.4 is 0 Å². The van der Waals surface area contributed by atoms with Gasteiger partial charge in [0.2, 0.25) is 5.76 Å². The van der Waals surface area contributed by atoms with Gasteiger partial charge in [0, 0.05) is 5.92 Å². The monoisotopic (exact) mass is 215 g/mol. The highest BCUT2D eigenvalue weighted by atomic mass is 35.5. The van der Waals surface area contributed by atoms with Crippen molar-refractivity contribution in [2.24, 2.45) is 0 Å². The maximum Gasteiger partial charge on any atom is 0.373 e. The molecule has 0 aromatic carbocycles. The van der Waals surface area contributed by atoms with Gasteiger partial charge in [-0.15, -0.1) is 0 Å². The van der Waals surface area contributed by atoms with Gasteiger partial charge in [-0.1, -0.05) is 12.8 Å². The van der Waals surface area contributed by atoms with E-state index >= 15 is 0 Å². The van der Waals surface area contributed by atoms with E-state index in [4.69, 9.17) is 21.1 Å². The Bertz CT molecular complexity index is 355. The first-order valence-corrected chi connectivity index (χ1v) is 4.96. The Kier molecular flexibility index (Phi) is 2.46. The molecule has 5 heteroatoms. The second kappa shape index (κ2) is 3.61. The van der Waals surface area contributed by atoms with E-state index in [2.05, 4.69) is 4.98 Å². The van der Waals surface area contributed by atoms with Crippen LogP contribution in [-0.2, 0) is 0 Å². The van der Waals surface area contributed by atoms with Gasteiger partial charge < -0.3 is 9.52 Å². The van der Waals surface area contributed by atoms with Gasteiger partial charge in [-0.2, -0.15) is 0 Å². The van der Waals surface area contributed by atoms with E-state index in [1.54, 1.807) is 0 Å². The molecule has 0 amide bonds. The Hall–Kier alpha value is -1.03. The number of oxazole rings is 1. The van der Waals surface area contributed by atoms with Gasteiger partial charge in [0.15, 0.2) is 0 Å². The molecular weight excluding hydrogens is 206 g/mol. The van der Waals surface area contributed by atoms with Crippen LogP contribution in [0.4, 0.5) is 0 Å². The highest BCUT2D eigenvalue weighted by Crippen LogP contribution is 2.36. The summed E-state index contributed by atoms with van der Waals surface area (Å²) in [7, 11) is 0. The number of hydrogen-bond donors (Lipinski definition) is 1. The average molecular weight is 216 g/mol. The third-order valence-electron chi connectivity index (χ3n) is 2.56. The minimum atomic E-state index is -1.09. The Morgan fingerprint density at radius 1 is 1.50 bits per heavy atom. The summed E-state index contributed by atoms with van der Waals surface area (Å²) in [6.45, 7) is 0. The fourth-order valence-corrected chi connectivity index (χ4v) is 2.10. The SMILES string of the molecule is O=C(O)c1oc(Cl)nc1C1CCCC1. The molecule has 0 unspecified atom stereocenters. The number of aromatic carboxylic acids is 1. The molecule has 0 spiro atoms. The van der Waals surface area contributed by atoms with Crippen LogP contribution in [0.25, 0.3) is 0 Å². The molecule has 1 N–H and O–H groups in total. The number of halogens is 1. The Labute approximate surface area is 85.9 Å². The third-order valence-corrected chi connectivity index (χ3v) is 2.73. The predicted octanol–water partition coefficient (Wildman–Crippen LogP) is 2.68. The second-order valence-electron chi connectivity index (χ2n) is 3.47. The van der Waals surface area contributed by atoms with E-state index in [9.17, 15) is 4.79 Å². The minimum Gasteiger partial charge on any atom is -0.475 e. The first-order chi connectivity index (χ1) is 6.68. The summed E-state index contributed by atoms with van der Waals surface area (Å²) in [5, 5.41) is 8.77. The Morgan fingerprint density at radius 3 is 2.71 bits per heavy atom. The second-order valence-corrected chi connectivity index (χ2v) is 3.79. The van der Waals surface area contributed by atoms with Crippen molar-refractivity contribution in [3.05, 3.63) is 16.8 Å². The van der Waals surface area contributed by atoms with Crippen molar-refractivity contribution < 1.29 is 14.3 Å². The number of carboxylic acid groups (broad SMARTS) is 1. The molecule has 0 atom stereocenters. The van der Waals surface area contributed by atoms with E-state index in [0.717, 1.165) is 25.7 Å². The standard InChI is InChI=1S/C9H10ClNO3/c10-9-11-6(5-3-1-2-4-5)7(14-9)8(12)13/h5H,1-4H2,(H,12,13). The molecule has 2 rings (SSSR count). The number of carbonyl (C=O) groups is 1. The summed E-state index contributed by atoms with van der Waals surface area (Å²) in [6, 6.07) is 0. The molecule has 0 radical (unpaired) electrons. The molecule has 1 aliphatic rings. The quantitative estimate of drug-likeness (QED) is 0.824. The van der Waals surface area contributed by atoms with Crippen LogP contribution in [0, 0.1) is 0 Å². The zero-order chi connectivity index (χ0) is 10.1. The van der Waals surface area contributed by atoms with Crippen molar-refractivity contribution in [3.63, 3.8) is 0 Å². The molecular formula is C9H10ClNO3. The largest absolute Gasteiger partial charge is 0.475 e. The molecule has 0 saturated heterocycles. The summed E-state index contributed by atoms with van der Waals surface area (Å²) in [5.41, 5.74) is 0.514. The van der Waals surface area contributed by atoms with Crippen LogP contribution in [0.1, 0.15) is 47.8 Å². The fourth-order valence-electron chi connectivity index (χ4n) is 1.93. The number of rotatable bonds is 2. The lowest BCUT2D eigenvalue weighted by atomic mass is 10.0. The predicted molar refractivity (Wildman–Crippen MR) is 49.7 cm³/mol. The maximum absolute atomic E-state index is 10.8. The van der Waals surface area contributed by atoms with Crippen molar-refractivity contribution in [1.82, 2.24) is 4.98 Å². The topological polar surface area (TPSA) is 63.3 Å². The zero-order valence-corrected chi connectivity index (χ0v) is 8.25. The first kappa shape index (κ1) is 9.52. The van der Waals surface area contributed by atoms with Crippen molar-refractivity contribution in [3.8, 4) is 0 Å². The Balaban J connectivity index is 2.35. The van der Waals surface area contributed by atoms with Crippen molar-refractivity contribution in [2.45, 2.75) is 31.6 Å². The summed E-state index contributed by atoms with van der Waals surface area (Å²) in [6.07, 6.45) is 4.19. The molecule has 0 bridgehead atoms. The highest BCUT2D eigenvalue weighted by molar-refractivity contribution is 6.27. The highest BCUT2D eigenvalue weighted by Gasteiger charge is 2.28. The van der Waals surface area contributed by atoms with Gasteiger partial charge >= 0.3 is 5.97 Å². The van der Waals surface area contributed by atoms with Gasteiger partial charge in [-0.3, -0.25) is 0 Å². The van der Waals surface area contributed by atoms with Gasteiger partial charge in [-0.25, -0.2) is 9.78 Å². The normalized spacial score (nSPS) is 17.5. The van der Waals surface area contributed by atoms with Crippen molar-refractivity contribution in [1.29, 1.82) is 0 Å². The molecule has 0 aliphatic heterocycles. The van der Waals surface area contributed by atoms with Crippen LogP contribution in [0.5, 0.6) is 0 Å². The summed E-state index contributed by atoms with van der Waals surface area (Å²) in [5.74, 6) is -0.981. The Morgan fingerprint density at radius 2 is 2.14 bits per heavy atom. The van der Waals surface area contributed by atoms with E-state index in [-0.39, 0.29) is 17.0 Å². The van der Waals surface area contributed by atoms with E-state index in [1.807, 2.05) is 0 Å². The summed E-state index contributed by atoms with van der Waals surface area (Å²) < 4.78 is 4.84. The molecule has 14 heavy (non-hydrogen) atoms. The molecule has 1 aromatic rings. The van der Waals surface area contributed by atoms with Crippen LogP contribution in [0.3, 0.4) is 0 Å². The van der Waals surface area contributed by atoms with Crippen LogP contribution in [-0.4, -0.2) is 16.1 Å². The smallest absolute Gasteiger partial charge is 0.373 e. The van der Waals surface area contributed by atoms with E-state index < -0.39 is 5.97 Å². The number of aromatic nitrogens is 1. The maximum atomic E-state index is 10.8. The minimum absolute atomic E-state index is 0.0794. The summed E-state index contributed by atoms with van der Waals surface area (Å²) >= 11 is 5.55. The lowest BCUT2D eigenvalue weighted by Gasteiger charge is -2.03. The molecule has 1 aromatic heterocycles. The number of hydrogen-bond acceptors (Lipinski definition) is 3. The molecule has 1 heterocycles. The summed E-state index contributed by atoms with van der Waals surface area (Å²) in [4.78, 5) is 14.7. The zero-order valence-electron chi connectivity index (χ0n) is 7.49.